The molecule has 1 aromatic rings. The topological polar surface area (TPSA) is 63.7 Å². The molecule has 0 radical (unpaired) electrons. The second-order valence-electron chi connectivity index (χ2n) is 6.66. The molecular formula is C19H25NO4. The van der Waals surface area contributed by atoms with E-state index in [1.807, 2.05) is 38.1 Å². The summed E-state index contributed by atoms with van der Waals surface area (Å²) in [7, 11) is 0. The van der Waals surface area contributed by atoms with E-state index < -0.39 is 6.09 Å². The van der Waals surface area contributed by atoms with E-state index in [1.54, 1.807) is 6.92 Å². The van der Waals surface area contributed by atoms with E-state index in [2.05, 4.69) is 0 Å². The minimum absolute atomic E-state index is 0.157. The first-order valence-corrected chi connectivity index (χ1v) is 8.42. The maximum atomic E-state index is 12.9. The van der Waals surface area contributed by atoms with Crippen LogP contribution in [0.25, 0.3) is 0 Å². The average Bonchev–Trinajstić information content (AvgIpc) is 2.92. The number of hydrogen-bond acceptors (Lipinski definition) is 4. The first-order chi connectivity index (χ1) is 11.4. The lowest BCUT2D eigenvalue weighted by molar-refractivity contribution is -0.129. The van der Waals surface area contributed by atoms with Gasteiger partial charge in [0, 0.05) is 6.42 Å². The minimum atomic E-state index is -0.561. The summed E-state index contributed by atoms with van der Waals surface area (Å²) < 4.78 is 4.90. The first kappa shape index (κ1) is 18.2. The molecule has 0 aromatic heterocycles. The summed E-state index contributed by atoms with van der Waals surface area (Å²) in [5.74, 6) is -0.222. The summed E-state index contributed by atoms with van der Waals surface area (Å²) in [6, 6.07) is 7.81. The number of rotatable bonds is 7. The summed E-state index contributed by atoms with van der Waals surface area (Å²) in [5.41, 5.74) is 1.99. The van der Waals surface area contributed by atoms with Crippen LogP contribution in [0.4, 0.5) is 4.79 Å². The molecule has 2 amide bonds. The Kier molecular flexibility index (Phi) is 6.12. The van der Waals surface area contributed by atoms with Crippen LogP contribution < -0.4 is 0 Å². The molecule has 0 aliphatic carbocycles. The number of hydrogen-bond donors (Lipinski definition) is 0. The Balaban J connectivity index is 2.16. The van der Waals surface area contributed by atoms with Crippen LogP contribution >= 0.6 is 0 Å². The number of aryl methyl sites for hydroxylation is 1. The van der Waals surface area contributed by atoms with Crippen LogP contribution in [0, 0.1) is 12.8 Å². The number of imide groups is 1. The van der Waals surface area contributed by atoms with Gasteiger partial charge < -0.3 is 9.53 Å². The van der Waals surface area contributed by atoms with Gasteiger partial charge in [-0.25, -0.2) is 9.69 Å². The van der Waals surface area contributed by atoms with Crippen LogP contribution in [-0.2, 0) is 14.3 Å². The fourth-order valence-corrected chi connectivity index (χ4v) is 3.15. The van der Waals surface area contributed by atoms with Crippen LogP contribution in [0.1, 0.15) is 50.2 Å². The van der Waals surface area contributed by atoms with Crippen molar-refractivity contribution < 1.29 is 19.1 Å². The van der Waals surface area contributed by atoms with E-state index in [9.17, 15) is 14.4 Å². The van der Waals surface area contributed by atoms with Gasteiger partial charge >= 0.3 is 6.09 Å². The third kappa shape index (κ3) is 4.66. The summed E-state index contributed by atoms with van der Waals surface area (Å²) >= 11 is 0. The van der Waals surface area contributed by atoms with E-state index >= 15 is 0 Å². The summed E-state index contributed by atoms with van der Waals surface area (Å²) in [5, 5.41) is 0. The molecule has 2 unspecified atom stereocenters. The van der Waals surface area contributed by atoms with Gasteiger partial charge in [0.1, 0.15) is 12.4 Å². The summed E-state index contributed by atoms with van der Waals surface area (Å²) in [6.45, 7) is 6.14. The predicted octanol–water partition coefficient (Wildman–Crippen LogP) is 3.45. The zero-order valence-corrected chi connectivity index (χ0v) is 14.6. The van der Waals surface area contributed by atoms with Crippen molar-refractivity contribution in [1.29, 1.82) is 0 Å². The Bertz CT molecular complexity index is 626. The van der Waals surface area contributed by atoms with Gasteiger partial charge in [-0.2, -0.15) is 0 Å². The van der Waals surface area contributed by atoms with Crippen LogP contribution in [0.2, 0.25) is 0 Å². The molecule has 0 bridgehead atoms. The molecule has 0 saturated carbocycles. The van der Waals surface area contributed by atoms with E-state index in [0.717, 1.165) is 17.5 Å². The van der Waals surface area contributed by atoms with Gasteiger partial charge in [-0.1, -0.05) is 36.8 Å². The Labute approximate surface area is 143 Å². The van der Waals surface area contributed by atoms with E-state index in [0.29, 0.717) is 19.4 Å². The van der Waals surface area contributed by atoms with Crippen LogP contribution in [0.15, 0.2) is 24.3 Å². The molecule has 24 heavy (non-hydrogen) atoms. The van der Waals surface area contributed by atoms with Gasteiger partial charge in [0.05, 0.1) is 12.5 Å². The molecule has 5 nitrogen and oxygen atoms in total. The van der Waals surface area contributed by atoms with Gasteiger partial charge in [-0.05, 0) is 38.2 Å². The number of Topliss-reactive ketones (excluding diaryl/α,β-unsaturated/α-hetero) is 1. The molecule has 5 heteroatoms. The second-order valence-corrected chi connectivity index (χ2v) is 6.66. The third-order valence-electron chi connectivity index (χ3n) is 4.35. The quantitative estimate of drug-likeness (QED) is 0.767. The van der Waals surface area contributed by atoms with Crippen LogP contribution in [0.3, 0.4) is 0 Å². The van der Waals surface area contributed by atoms with Crippen molar-refractivity contribution in [2.75, 3.05) is 13.2 Å². The molecule has 1 fully saturated rings. The van der Waals surface area contributed by atoms with Gasteiger partial charge in [0.25, 0.3) is 0 Å². The van der Waals surface area contributed by atoms with Gasteiger partial charge in [-0.15, -0.1) is 0 Å². The Morgan fingerprint density at radius 1 is 1.29 bits per heavy atom. The number of ether oxygens (including phenoxy) is 1. The lowest BCUT2D eigenvalue weighted by atomic mass is 9.87. The lowest BCUT2D eigenvalue weighted by Gasteiger charge is -2.22. The number of ketones is 1. The number of benzene rings is 1. The number of carbonyl (C=O) groups excluding carboxylic acids is 3. The van der Waals surface area contributed by atoms with Crippen molar-refractivity contribution in [1.82, 2.24) is 4.90 Å². The highest BCUT2D eigenvalue weighted by atomic mass is 16.6. The zero-order chi connectivity index (χ0) is 17.7. The largest absolute Gasteiger partial charge is 0.447 e. The van der Waals surface area contributed by atoms with Crippen LogP contribution in [-0.4, -0.2) is 35.8 Å². The molecule has 130 valence electrons. The molecule has 2 rings (SSSR count). The van der Waals surface area contributed by atoms with Crippen LogP contribution in [0.5, 0.6) is 0 Å². The summed E-state index contributed by atoms with van der Waals surface area (Å²) in [6.07, 6.45) is 1.32. The number of nitrogens with zero attached hydrogens (tertiary/aromatic N) is 1. The maximum absolute atomic E-state index is 12.9. The second kappa shape index (κ2) is 8.08. The predicted molar refractivity (Wildman–Crippen MR) is 90.7 cm³/mol. The normalized spacial score (nSPS) is 16.6. The molecule has 2 atom stereocenters. The van der Waals surface area contributed by atoms with Crippen molar-refractivity contribution in [3.63, 3.8) is 0 Å². The standard InChI is InChI=1S/C19H25NO4/c1-13-5-4-6-16(12-13)17(8-7-14(2)11-15(3)21)18(22)20-9-10-24-19(20)23/h4-6,12,14,17H,7-11H2,1-3H3. The average molecular weight is 331 g/mol. The third-order valence-corrected chi connectivity index (χ3v) is 4.35. The SMILES string of the molecule is CC(=O)CC(C)CCC(C(=O)N1CCOC1=O)c1cccc(C)c1. The fraction of sp³-hybridized carbons (Fsp3) is 0.526. The van der Waals surface area contributed by atoms with E-state index in [4.69, 9.17) is 4.74 Å². The van der Waals surface area contributed by atoms with Crippen molar-refractivity contribution in [2.45, 2.75) is 46.0 Å². The lowest BCUT2D eigenvalue weighted by Crippen LogP contribution is -2.36. The van der Waals surface area contributed by atoms with Crippen molar-refractivity contribution >= 4 is 17.8 Å². The zero-order valence-electron chi connectivity index (χ0n) is 14.6. The molecule has 1 aliphatic heterocycles. The molecule has 0 spiro atoms. The van der Waals surface area contributed by atoms with Crippen molar-refractivity contribution in [3.05, 3.63) is 35.4 Å². The first-order valence-electron chi connectivity index (χ1n) is 8.42. The van der Waals surface area contributed by atoms with E-state index in [-0.39, 0.29) is 30.1 Å². The highest BCUT2D eigenvalue weighted by molar-refractivity contribution is 5.96. The molecular weight excluding hydrogens is 306 g/mol. The maximum Gasteiger partial charge on any atom is 0.416 e. The molecule has 1 saturated heterocycles. The molecule has 1 aromatic carbocycles. The van der Waals surface area contributed by atoms with Crippen molar-refractivity contribution in [3.8, 4) is 0 Å². The molecule has 0 N–H and O–H groups in total. The minimum Gasteiger partial charge on any atom is -0.447 e. The smallest absolute Gasteiger partial charge is 0.416 e. The highest BCUT2D eigenvalue weighted by Gasteiger charge is 2.34. The number of cyclic esters (lactones) is 1. The number of carbonyl (C=O) groups is 3. The molecule has 1 aliphatic rings. The Morgan fingerprint density at radius 3 is 2.62 bits per heavy atom. The van der Waals surface area contributed by atoms with E-state index in [1.165, 1.54) is 4.90 Å². The van der Waals surface area contributed by atoms with Crippen molar-refractivity contribution in [2.24, 2.45) is 5.92 Å². The highest BCUT2D eigenvalue weighted by Crippen LogP contribution is 2.28. The van der Waals surface area contributed by atoms with Gasteiger partial charge in [0.15, 0.2) is 0 Å². The monoisotopic (exact) mass is 331 g/mol. The summed E-state index contributed by atoms with van der Waals surface area (Å²) in [4.78, 5) is 37.1. The Morgan fingerprint density at radius 2 is 2.04 bits per heavy atom. The molecule has 1 heterocycles. The van der Waals surface area contributed by atoms with Gasteiger partial charge in [-0.3, -0.25) is 4.79 Å². The Hall–Kier alpha value is -2.17. The van der Waals surface area contributed by atoms with Gasteiger partial charge in [0.2, 0.25) is 5.91 Å². The fourth-order valence-electron chi connectivity index (χ4n) is 3.15. The number of amides is 2.